The first kappa shape index (κ1) is 22.1. The van der Waals surface area contributed by atoms with Crippen molar-refractivity contribution in [1.82, 2.24) is 9.62 Å². The largest absolute Gasteiger partial charge is 0.497 e. The van der Waals surface area contributed by atoms with Crippen molar-refractivity contribution in [1.29, 1.82) is 0 Å². The zero-order valence-electron chi connectivity index (χ0n) is 17.9. The summed E-state index contributed by atoms with van der Waals surface area (Å²) < 4.78 is 37.7. The molecule has 0 bridgehead atoms. The number of carbonyl (C=O) groups is 1. The van der Waals surface area contributed by atoms with Gasteiger partial charge in [-0.2, -0.15) is 4.31 Å². The van der Waals surface area contributed by atoms with Gasteiger partial charge in [-0.15, -0.1) is 0 Å². The molecule has 0 fully saturated rings. The van der Waals surface area contributed by atoms with E-state index in [2.05, 4.69) is 5.32 Å². The average molecular weight is 433 g/mol. The number of nitrogens with one attached hydrogen (secondary N) is 1. The molecule has 1 heterocycles. The van der Waals surface area contributed by atoms with Crippen LogP contribution in [-0.2, 0) is 14.8 Å². The molecule has 0 unspecified atom stereocenters. The molecule has 0 aromatic heterocycles. The third-order valence-electron chi connectivity index (χ3n) is 5.10. The van der Waals surface area contributed by atoms with Gasteiger partial charge in [0.05, 0.1) is 24.6 Å². The molecule has 8 heteroatoms. The van der Waals surface area contributed by atoms with E-state index in [1.165, 1.54) is 26.3 Å². The molecular weight excluding hydrogens is 404 g/mol. The zero-order chi connectivity index (χ0) is 22.1. The zero-order valence-corrected chi connectivity index (χ0v) is 18.7. The molecule has 2 aromatic rings. The van der Waals surface area contributed by atoms with Crippen molar-refractivity contribution in [2.75, 3.05) is 20.7 Å². The Bertz CT molecular complexity index is 1030. The minimum Gasteiger partial charge on any atom is -0.497 e. The number of rotatable bonds is 6. The van der Waals surface area contributed by atoms with Crippen LogP contribution in [0.3, 0.4) is 0 Å². The third-order valence-corrected chi connectivity index (χ3v) is 6.91. The summed E-state index contributed by atoms with van der Waals surface area (Å²) in [7, 11) is -0.892. The van der Waals surface area contributed by atoms with Crippen LogP contribution in [0.4, 0.5) is 0 Å². The highest BCUT2D eigenvalue weighted by atomic mass is 32.2. The van der Waals surface area contributed by atoms with Crippen molar-refractivity contribution in [2.45, 2.75) is 43.7 Å². The number of fused-ring (bicyclic) bond motifs is 1. The molecule has 1 aliphatic heterocycles. The van der Waals surface area contributed by atoms with Crippen molar-refractivity contribution in [3.8, 4) is 11.5 Å². The molecule has 2 aromatic carbocycles. The van der Waals surface area contributed by atoms with E-state index < -0.39 is 15.6 Å². The number of carbonyl (C=O) groups excluding carboxylic acids is 1. The maximum absolute atomic E-state index is 12.8. The molecule has 3 rings (SSSR count). The van der Waals surface area contributed by atoms with Gasteiger partial charge in [-0.05, 0) is 56.7 Å². The number of nitrogens with zero attached hydrogens (tertiary/aromatic N) is 1. The first-order valence-corrected chi connectivity index (χ1v) is 11.2. The molecule has 1 atom stereocenters. The van der Waals surface area contributed by atoms with E-state index in [1.807, 2.05) is 39.0 Å². The van der Waals surface area contributed by atoms with Gasteiger partial charge in [0.2, 0.25) is 15.9 Å². The van der Waals surface area contributed by atoms with Crippen LogP contribution in [0.2, 0.25) is 0 Å². The van der Waals surface area contributed by atoms with Crippen LogP contribution in [0.25, 0.3) is 0 Å². The number of hydrogen-bond acceptors (Lipinski definition) is 5. The van der Waals surface area contributed by atoms with E-state index in [9.17, 15) is 13.2 Å². The summed E-state index contributed by atoms with van der Waals surface area (Å²) in [6.45, 7) is 5.64. The van der Waals surface area contributed by atoms with Crippen LogP contribution in [0.5, 0.6) is 11.5 Å². The number of likely N-dealkylation sites (N-methyl/N-ethyl adjacent to an activating group) is 1. The summed E-state index contributed by atoms with van der Waals surface area (Å²) in [6, 6.07) is 11.7. The van der Waals surface area contributed by atoms with Crippen LogP contribution in [0.1, 0.15) is 37.4 Å². The van der Waals surface area contributed by atoms with Crippen molar-refractivity contribution >= 4 is 15.9 Å². The predicted molar refractivity (Wildman–Crippen MR) is 114 cm³/mol. The lowest BCUT2D eigenvalue weighted by molar-refractivity contribution is -0.122. The molecule has 0 saturated heterocycles. The Morgan fingerprint density at radius 3 is 2.53 bits per heavy atom. The lowest BCUT2D eigenvalue weighted by Crippen LogP contribution is -2.44. The second-order valence-electron chi connectivity index (χ2n) is 8.16. The van der Waals surface area contributed by atoms with E-state index in [1.54, 1.807) is 12.1 Å². The minimum atomic E-state index is -3.80. The number of aryl methyl sites for hydroxylation is 1. The van der Waals surface area contributed by atoms with E-state index in [0.717, 1.165) is 21.2 Å². The highest BCUT2D eigenvalue weighted by Gasteiger charge is 2.35. The molecule has 30 heavy (non-hydrogen) atoms. The number of amides is 1. The summed E-state index contributed by atoms with van der Waals surface area (Å²) in [4.78, 5) is 12.8. The predicted octanol–water partition coefficient (Wildman–Crippen LogP) is 3.04. The lowest BCUT2D eigenvalue weighted by Gasteiger charge is -2.38. The fraction of sp³-hybridized carbons (Fsp3) is 0.409. The van der Waals surface area contributed by atoms with Crippen LogP contribution >= 0.6 is 0 Å². The van der Waals surface area contributed by atoms with Crippen LogP contribution in [-0.4, -0.2) is 44.9 Å². The first-order chi connectivity index (χ1) is 14.0. The van der Waals surface area contributed by atoms with Gasteiger partial charge in [0.15, 0.2) is 0 Å². The molecule has 0 aliphatic carbocycles. The molecule has 0 spiro atoms. The SMILES string of the molecule is COc1ccc(S(=O)(=O)N(C)CC(=O)N[C@@H]2CC(C)(C)Oc3cc(C)ccc32)cc1. The molecule has 1 amide bonds. The fourth-order valence-corrected chi connectivity index (χ4v) is 4.67. The third kappa shape index (κ3) is 4.76. The molecule has 0 saturated carbocycles. The van der Waals surface area contributed by atoms with Gasteiger partial charge in [0, 0.05) is 19.0 Å². The molecule has 162 valence electrons. The highest BCUT2D eigenvalue weighted by molar-refractivity contribution is 7.89. The van der Waals surface area contributed by atoms with Crippen LogP contribution < -0.4 is 14.8 Å². The quantitative estimate of drug-likeness (QED) is 0.758. The molecule has 0 radical (unpaired) electrons. The van der Waals surface area contributed by atoms with Gasteiger partial charge >= 0.3 is 0 Å². The number of ether oxygens (including phenoxy) is 2. The Kier molecular flexibility index (Phi) is 6.10. The summed E-state index contributed by atoms with van der Waals surface area (Å²) in [5, 5.41) is 2.98. The molecule has 1 aliphatic rings. The lowest BCUT2D eigenvalue weighted by atomic mass is 9.89. The standard InChI is InChI=1S/C22H28N2O5S/c1-15-6-11-18-19(13-22(2,3)29-20(18)12-15)23-21(25)14-24(4)30(26,27)17-9-7-16(28-5)8-10-17/h6-12,19H,13-14H2,1-5H3,(H,23,25)/t19-/m1/s1. The first-order valence-electron chi connectivity index (χ1n) is 9.71. The Balaban J connectivity index is 1.73. The number of hydrogen-bond donors (Lipinski definition) is 1. The Labute approximate surface area is 178 Å². The van der Waals surface area contributed by atoms with E-state index in [0.29, 0.717) is 12.2 Å². The van der Waals surface area contributed by atoms with E-state index in [4.69, 9.17) is 9.47 Å². The normalized spacial score (nSPS) is 17.7. The Morgan fingerprint density at radius 1 is 1.23 bits per heavy atom. The maximum Gasteiger partial charge on any atom is 0.243 e. The molecule has 7 nitrogen and oxygen atoms in total. The van der Waals surface area contributed by atoms with Gasteiger partial charge < -0.3 is 14.8 Å². The summed E-state index contributed by atoms with van der Waals surface area (Å²) >= 11 is 0. The topological polar surface area (TPSA) is 84.9 Å². The monoisotopic (exact) mass is 432 g/mol. The number of sulfonamides is 1. The van der Waals surface area contributed by atoms with Crippen LogP contribution in [0.15, 0.2) is 47.4 Å². The van der Waals surface area contributed by atoms with Gasteiger partial charge in [0.1, 0.15) is 17.1 Å². The van der Waals surface area contributed by atoms with Gasteiger partial charge in [-0.3, -0.25) is 4.79 Å². The van der Waals surface area contributed by atoms with Gasteiger partial charge in [-0.25, -0.2) is 8.42 Å². The van der Waals surface area contributed by atoms with Crippen molar-refractivity contribution in [3.05, 3.63) is 53.6 Å². The Morgan fingerprint density at radius 2 is 1.90 bits per heavy atom. The molecular formula is C22H28N2O5S. The summed E-state index contributed by atoms with van der Waals surface area (Å²) in [5.74, 6) is 0.935. The van der Waals surface area contributed by atoms with Gasteiger partial charge in [0.25, 0.3) is 0 Å². The molecule has 1 N–H and O–H groups in total. The van der Waals surface area contributed by atoms with E-state index in [-0.39, 0.29) is 23.4 Å². The van der Waals surface area contributed by atoms with Gasteiger partial charge in [-0.1, -0.05) is 12.1 Å². The fourth-order valence-electron chi connectivity index (χ4n) is 3.54. The van der Waals surface area contributed by atoms with Crippen LogP contribution in [0, 0.1) is 6.92 Å². The van der Waals surface area contributed by atoms with E-state index >= 15 is 0 Å². The summed E-state index contributed by atoms with van der Waals surface area (Å²) in [6.07, 6.45) is 0.587. The van der Waals surface area contributed by atoms with Crippen molar-refractivity contribution in [2.24, 2.45) is 0 Å². The second kappa shape index (κ2) is 8.28. The smallest absolute Gasteiger partial charge is 0.243 e. The highest BCUT2D eigenvalue weighted by Crippen LogP contribution is 2.39. The average Bonchev–Trinajstić information content (AvgIpc) is 2.66. The summed E-state index contributed by atoms with van der Waals surface area (Å²) in [5.41, 5.74) is 1.52. The number of methoxy groups -OCH3 is 1. The van der Waals surface area contributed by atoms with Crippen molar-refractivity contribution < 1.29 is 22.7 Å². The Hall–Kier alpha value is -2.58. The number of benzene rings is 2. The second-order valence-corrected chi connectivity index (χ2v) is 10.2. The minimum absolute atomic E-state index is 0.103. The maximum atomic E-state index is 12.8. The van der Waals surface area contributed by atoms with Crippen molar-refractivity contribution in [3.63, 3.8) is 0 Å².